The lowest BCUT2D eigenvalue weighted by Gasteiger charge is -2.20. The van der Waals surface area contributed by atoms with Gasteiger partial charge in [0.25, 0.3) is 0 Å². The molecule has 0 saturated heterocycles. The Labute approximate surface area is 67.0 Å². The van der Waals surface area contributed by atoms with Gasteiger partial charge in [-0.1, -0.05) is 0 Å². The molecule has 0 bridgehead atoms. The summed E-state index contributed by atoms with van der Waals surface area (Å²) in [5, 5.41) is 13.9. The molecule has 0 unspecified atom stereocenters. The molecule has 4 heteroatoms. The average Bonchev–Trinajstić information content (AvgIpc) is 1.85. The van der Waals surface area contributed by atoms with Crippen LogP contribution in [-0.4, -0.2) is 29.8 Å². The molecule has 0 aromatic carbocycles. The maximum atomic E-state index is 10.5. The highest BCUT2D eigenvalue weighted by Gasteiger charge is 2.07. The summed E-state index contributed by atoms with van der Waals surface area (Å²) in [5.41, 5.74) is -0.0112. The molecule has 66 valence electrons. The van der Waals surface area contributed by atoms with Crippen LogP contribution in [0.1, 0.15) is 20.8 Å². The molecule has 0 aliphatic heterocycles. The number of nitrogens with one attached hydrogen (secondary N) is 2. The Kier molecular flexibility index (Phi) is 4.07. The Bertz CT molecular complexity index is 129. The van der Waals surface area contributed by atoms with Gasteiger partial charge in [0, 0.05) is 5.54 Å². The minimum absolute atomic E-state index is 0.0112. The van der Waals surface area contributed by atoms with Gasteiger partial charge in [-0.15, -0.1) is 0 Å². The van der Waals surface area contributed by atoms with Crippen LogP contribution in [0.25, 0.3) is 0 Å². The van der Waals surface area contributed by atoms with Crippen LogP contribution in [0.4, 0.5) is 0 Å². The van der Waals surface area contributed by atoms with Crippen LogP contribution in [0.2, 0.25) is 0 Å². The van der Waals surface area contributed by atoms with E-state index in [9.17, 15) is 4.79 Å². The summed E-state index contributed by atoms with van der Waals surface area (Å²) in [6.07, 6.45) is 0. The van der Waals surface area contributed by atoms with E-state index in [2.05, 4.69) is 10.6 Å². The van der Waals surface area contributed by atoms with Crippen LogP contribution in [-0.2, 0) is 4.79 Å². The molecule has 0 radical (unpaired) electrons. The van der Waals surface area contributed by atoms with Crippen LogP contribution >= 0.6 is 0 Å². The first-order valence-electron chi connectivity index (χ1n) is 3.58. The van der Waals surface area contributed by atoms with E-state index in [1.807, 2.05) is 20.8 Å². The monoisotopic (exact) mass is 160 g/mol. The summed E-state index contributed by atoms with van der Waals surface area (Å²) in [4.78, 5) is 10.5. The van der Waals surface area contributed by atoms with Gasteiger partial charge in [-0.2, -0.15) is 0 Å². The first-order chi connectivity index (χ1) is 4.95. The Morgan fingerprint density at radius 1 is 1.45 bits per heavy atom. The molecule has 0 aromatic heterocycles. The molecule has 0 atom stereocenters. The highest BCUT2D eigenvalue weighted by molar-refractivity contribution is 5.76. The second-order valence-corrected chi connectivity index (χ2v) is 3.36. The molecular formula is C7H16N2O2. The summed E-state index contributed by atoms with van der Waals surface area (Å²) in [6, 6.07) is 0. The quantitative estimate of drug-likeness (QED) is 0.485. The fourth-order valence-corrected chi connectivity index (χ4v) is 0.464. The van der Waals surface area contributed by atoms with Crippen molar-refractivity contribution < 1.29 is 9.90 Å². The molecule has 0 heterocycles. The molecule has 4 nitrogen and oxygen atoms in total. The summed E-state index contributed by atoms with van der Waals surface area (Å²) >= 11 is 0. The van der Waals surface area contributed by atoms with Crippen molar-refractivity contribution in [2.45, 2.75) is 26.3 Å². The van der Waals surface area contributed by atoms with Crippen molar-refractivity contribution in [3.05, 3.63) is 0 Å². The minimum atomic E-state index is -0.453. The first-order valence-corrected chi connectivity index (χ1v) is 3.58. The highest BCUT2D eigenvalue weighted by atomic mass is 16.3. The zero-order chi connectivity index (χ0) is 8.91. The number of rotatable bonds is 3. The second-order valence-electron chi connectivity index (χ2n) is 3.36. The molecule has 0 aromatic rings. The lowest BCUT2D eigenvalue weighted by Crippen LogP contribution is -2.44. The summed E-state index contributed by atoms with van der Waals surface area (Å²) in [6.45, 7) is 5.93. The van der Waals surface area contributed by atoms with Gasteiger partial charge in [0.05, 0.1) is 6.67 Å². The number of hydrogen-bond donors (Lipinski definition) is 3. The van der Waals surface area contributed by atoms with Gasteiger partial charge in [0.2, 0.25) is 5.91 Å². The number of amides is 1. The van der Waals surface area contributed by atoms with Crippen LogP contribution in [0, 0.1) is 0 Å². The van der Waals surface area contributed by atoms with Crippen molar-refractivity contribution in [2.75, 3.05) is 13.3 Å². The van der Waals surface area contributed by atoms with Crippen molar-refractivity contribution in [2.24, 2.45) is 0 Å². The molecule has 0 fully saturated rings. The minimum Gasteiger partial charge on any atom is -0.387 e. The van der Waals surface area contributed by atoms with Gasteiger partial charge in [0.1, 0.15) is 6.61 Å². The fraction of sp³-hybridized carbons (Fsp3) is 0.857. The van der Waals surface area contributed by atoms with Gasteiger partial charge >= 0.3 is 0 Å². The standard InChI is InChI=1S/C7H16N2O2/c1-7(2,3)9-5-8-6(11)4-10/h9-10H,4-5H2,1-3H3,(H,8,11). The molecule has 3 N–H and O–H groups in total. The van der Waals surface area contributed by atoms with Crippen LogP contribution in [0.3, 0.4) is 0 Å². The first kappa shape index (κ1) is 10.4. The van der Waals surface area contributed by atoms with Crippen LogP contribution in [0.5, 0.6) is 0 Å². The van der Waals surface area contributed by atoms with Crippen molar-refractivity contribution in [1.82, 2.24) is 10.6 Å². The van der Waals surface area contributed by atoms with Gasteiger partial charge in [-0.25, -0.2) is 0 Å². The van der Waals surface area contributed by atoms with E-state index in [1.165, 1.54) is 0 Å². The Morgan fingerprint density at radius 2 is 2.00 bits per heavy atom. The molecule has 1 amide bonds. The van der Waals surface area contributed by atoms with Crippen molar-refractivity contribution in [3.8, 4) is 0 Å². The lowest BCUT2D eigenvalue weighted by atomic mass is 10.1. The Balaban J connectivity index is 3.35. The van der Waals surface area contributed by atoms with Crippen molar-refractivity contribution in [3.63, 3.8) is 0 Å². The van der Waals surface area contributed by atoms with Gasteiger partial charge in [-0.05, 0) is 20.8 Å². The summed E-state index contributed by atoms with van der Waals surface area (Å²) in [7, 11) is 0. The maximum Gasteiger partial charge on any atom is 0.246 e. The van der Waals surface area contributed by atoms with E-state index >= 15 is 0 Å². The Morgan fingerprint density at radius 3 is 2.36 bits per heavy atom. The number of carbonyl (C=O) groups is 1. The van der Waals surface area contributed by atoms with E-state index in [-0.39, 0.29) is 11.4 Å². The number of carbonyl (C=O) groups excluding carboxylic acids is 1. The van der Waals surface area contributed by atoms with Crippen LogP contribution in [0.15, 0.2) is 0 Å². The van der Waals surface area contributed by atoms with Crippen molar-refractivity contribution in [1.29, 1.82) is 0 Å². The van der Waals surface area contributed by atoms with E-state index in [0.717, 1.165) is 0 Å². The summed E-state index contributed by atoms with van der Waals surface area (Å²) < 4.78 is 0. The number of hydrogen-bond acceptors (Lipinski definition) is 3. The molecule has 0 aliphatic rings. The summed E-state index contributed by atoms with van der Waals surface area (Å²) in [5.74, 6) is -0.359. The second kappa shape index (κ2) is 4.31. The largest absolute Gasteiger partial charge is 0.387 e. The predicted molar refractivity (Wildman–Crippen MR) is 43.0 cm³/mol. The normalized spacial score (nSPS) is 11.3. The molecule has 11 heavy (non-hydrogen) atoms. The van der Waals surface area contributed by atoms with Gasteiger partial charge in [0.15, 0.2) is 0 Å². The van der Waals surface area contributed by atoms with Gasteiger partial charge < -0.3 is 10.4 Å². The van der Waals surface area contributed by atoms with Gasteiger partial charge in [-0.3, -0.25) is 10.1 Å². The lowest BCUT2D eigenvalue weighted by molar-refractivity contribution is -0.123. The van der Waals surface area contributed by atoms with E-state index in [1.54, 1.807) is 0 Å². The predicted octanol–water partition coefficient (Wildman–Crippen LogP) is -0.560. The number of aliphatic hydroxyl groups excluding tert-OH is 1. The fourth-order valence-electron chi connectivity index (χ4n) is 0.464. The third-order valence-electron chi connectivity index (χ3n) is 1.05. The smallest absolute Gasteiger partial charge is 0.246 e. The van der Waals surface area contributed by atoms with E-state index in [0.29, 0.717) is 6.67 Å². The maximum absolute atomic E-state index is 10.5. The molecular weight excluding hydrogens is 144 g/mol. The van der Waals surface area contributed by atoms with E-state index < -0.39 is 6.61 Å². The molecule has 0 aliphatic carbocycles. The van der Waals surface area contributed by atoms with E-state index in [4.69, 9.17) is 5.11 Å². The SMILES string of the molecule is CC(C)(C)NCNC(=O)CO. The topological polar surface area (TPSA) is 61.4 Å². The molecule has 0 saturated carbocycles. The Hall–Kier alpha value is -0.610. The third-order valence-corrected chi connectivity index (χ3v) is 1.05. The molecule has 0 rings (SSSR count). The zero-order valence-electron chi connectivity index (χ0n) is 7.27. The average molecular weight is 160 g/mol. The van der Waals surface area contributed by atoms with Crippen molar-refractivity contribution >= 4 is 5.91 Å². The highest BCUT2D eigenvalue weighted by Crippen LogP contribution is 1.95. The number of aliphatic hydroxyl groups is 1. The van der Waals surface area contributed by atoms with Crippen LogP contribution < -0.4 is 10.6 Å². The zero-order valence-corrected chi connectivity index (χ0v) is 7.27. The third kappa shape index (κ3) is 7.29. The molecule has 0 spiro atoms.